The van der Waals surface area contributed by atoms with Gasteiger partial charge in [0.15, 0.2) is 0 Å². The molecular formula is C34H47ClN2O3. The van der Waals surface area contributed by atoms with Crippen molar-refractivity contribution in [1.29, 1.82) is 0 Å². The average Bonchev–Trinajstić information content (AvgIpc) is 3.13. The normalized spacial score (nSPS) is 22.1. The highest BCUT2D eigenvalue weighted by Crippen LogP contribution is 2.43. The van der Waals surface area contributed by atoms with Crippen LogP contribution in [-0.4, -0.2) is 45.9 Å². The van der Waals surface area contributed by atoms with Gasteiger partial charge in [-0.25, -0.2) is 0 Å². The minimum Gasteiger partial charge on any atom is -0.491 e. The van der Waals surface area contributed by atoms with Crippen molar-refractivity contribution in [3.8, 4) is 5.75 Å². The number of methoxy groups -OCH3 is 1. The zero-order valence-electron chi connectivity index (χ0n) is 24.9. The van der Waals surface area contributed by atoms with E-state index in [-0.39, 0.29) is 17.9 Å². The fourth-order valence-electron chi connectivity index (χ4n) is 6.14. The van der Waals surface area contributed by atoms with Gasteiger partial charge in [0, 0.05) is 43.8 Å². The average molecular weight is 567 g/mol. The van der Waals surface area contributed by atoms with Crippen LogP contribution in [0, 0.1) is 17.8 Å². The number of rotatable bonds is 12. The zero-order valence-corrected chi connectivity index (χ0v) is 25.7. The summed E-state index contributed by atoms with van der Waals surface area (Å²) in [5, 5.41) is 3.55. The van der Waals surface area contributed by atoms with Crippen molar-refractivity contribution < 1.29 is 14.3 Å². The van der Waals surface area contributed by atoms with Crippen molar-refractivity contribution in [2.45, 2.75) is 71.3 Å². The Kier molecular flexibility index (Phi) is 11.0. The number of hydrogen-bond acceptors (Lipinski definition) is 4. The smallest absolute Gasteiger partial charge is 0.251 e. The molecule has 1 aliphatic carbocycles. The van der Waals surface area contributed by atoms with Gasteiger partial charge >= 0.3 is 0 Å². The van der Waals surface area contributed by atoms with Gasteiger partial charge in [-0.05, 0) is 84.9 Å². The second-order valence-corrected chi connectivity index (χ2v) is 12.1. The molecule has 6 heteroatoms. The molecule has 5 atom stereocenters. The third-order valence-corrected chi connectivity index (χ3v) is 9.16. The Morgan fingerprint density at radius 1 is 1.23 bits per heavy atom. The van der Waals surface area contributed by atoms with E-state index in [2.05, 4.69) is 55.3 Å². The number of carbonyl (C=O) groups excluding carboxylic acids is 1. The van der Waals surface area contributed by atoms with Crippen LogP contribution in [0.15, 0.2) is 48.6 Å². The third-order valence-electron chi connectivity index (χ3n) is 8.92. The molecule has 1 heterocycles. The number of carbonyl (C=O) groups is 1. The molecule has 0 radical (unpaired) electrons. The lowest BCUT2D eigenvalue weighted by atomic mass is 9.70. The van der Waals surface area contributed by atoms with Crippen molar-refractivity contribution in [2.75, 3.05) is 38.8 Å². The lowest BCUT2D eigenvalue weighted by Gasteiger charge is -2.43. The van der Waals surface area contributed by atoms with E-state index in [0.29, 0.717) is 29.9 Å². The molecule has 1 fully saturated rings. The van der Waals surface area contributed by atoms with Crippen molar-refractivity contribution in [1.82, 2.24) is 5.32 Å². The highest BCUT2D eigenvalue weighted by molar-refractivity contribution is 6.30. The Balaban J connectivity index is 1.62. The molecule has 2 aliphatic rings. The monoisotopic (exact) mass is 566 g/mol. The third kappa shape index (κ3) is 7.22. The van der Waals surface area contributed by atoms with E-state index >= 15 is 0 Å². The Labute approximate surface area is 246 Å². The quantitative estimate of drug-likeness (QED) is 0.268. The minimum absolute atomic E-state index is 0.0844. The van der Waals surface area contributed by atoms with Crippen LogP contribution in [0.2, 0.25) is 5.02 Å². The summed E-state index contributed by atoms with van der Waals surface area (Å²) in [4.78, 5) is 15.0. The fraction of sp³-hybridized carbons (Fsp3) is 0.559. The molecule has 1 aliphatic heterocycles. The van der Waals surface area contributed by atoms with Gasteiger partial charge in [0.05, 0.1) is 18.4 Å². The summed E-state index contributed by atoms with van der Waals surface area (Å²) in [6.07, 6.45) is 11.4. The molecular weight excluding hydrogens is 520 g/mol. The molecule has 40 heavy (non-hydrogen) atoms. The summed E-state index contributed by atoms with van der Waals surface area (Å²) in [5.41, 5.74) is 4.26. The number of anilines is 1. The molecule has 1 saturated carbocycles. The van der Waals surface area contributed by atoms with Crippen LogP contribution in [0.1, 0.15) is 80.3 Å². The highest BCUT2D eigenvalue weighted by Gasteiger charge is 2.38. The van der Waals surface area contributed by atoms with E-state index in [1.165, 1.54) is 30.4 Å². The first-order valence-electron chi connectivity index (χ1n) is 15.1. The molecule has 2 aromatic rings. The van der Waals surface area contributed by atoms with Crippen LogP contribution in [0.5, 0.6) is 5.75 Å². The van der Waals surface area contributed by atoms with Crippen molar-refractivity contribution in [2.24, 2.45) is 17.8 Å². The first kappa shape index (κ1) is 30.5. The highest BCUT2D eigenvalue weighted by atomic mass is 35.5. The number of ether oxygens (including phenoxy) is 2. The Bertz CT molecular complexity index is 1170. The van der Waals surface area contributed by atoms with Crippen molar-refractivity contribution in [3.05, 3.63) is 70.3 Å². The summed E-state index contributed by atoms with van der Waals surface area (Å²) in [6.45, 7) is 9.07. The molecule has 1 N–H and O–H groups in total. The first-order chi connectivity index (χ1) is 19.4. The van der Waals surface area contributed by atoms with E-state index in [1.807, 2.05) is 31.4 Å². The molecule has 0 bridgehead atoms. The molecule has 0 spiro atoms. The Hall–Kier alpha value is -2.50. The van der Waals surface area contributed by atoms with Crippen LogP contribution in [0.3, 0.4) is 0 Å². The largest absolute Gasteiger partial charge is 0.491 e. The number of benzene rings is 2. The summed E-state index contributed by atoms with van der Waals surface area (Å²) < 4.78 is 12.4. The number of nitrogens with one attached hydrogen (secondary N) is 1. The van der Waals surface area contributed by atoms with Gasteiger partial charge in [-0.15, -0.1) is 0 Å². The molecule has 218 valence electrons. The van der Waals surface area contributed by atoms with E-state index in [9.17, 15) is 4.79 Å². The van der Waals surface area contributed by atoms with E-state index in [4.69, 9.17) is 21.1 Å². The van der Waals surface area contributed by atoms with E-state index in [1.54, 1.807) is 7.05 Å². The van der Waals surface area contributed by atoms with Gasteiger partial charge in [0.25, 0.3) is 5.91 Å². The molecule has 2 aromatic carbocycles. The number of halogens is 1. The number of hydrogen-bond donors (Lipinski definition) is 1. The van der Waals surface area contributed by atoms with Gasteiger partial charge in [-0.1, -0.05) is 63.4 Å². The summed E-state index contributed by atoms with van der Waals surface area (Å²) in [7, 11) is 3.51. The maximum Gasteiger partial charge on any atom is 0.251 e. The maximum absolute atomic E-state index is 12.6. The Morgan fingerprint density at radius 3 is 2.73 bits per heavy atom. The Morgan fingerprint density at radius 2 is 2.05 bits per heavy atom. The van der Waals surface area contributed by atoms with Crippen LogP contribution in [0.25, 0.3) is 0 Å². The van der Waals surface area contributed by atoms with Crippen LogP contribution in [0.4, 0.5) is 5.69 Å². The first-order valence-corrected chi connectivity index (χ1v) is 15.5. The molecule has 4 rings (SSSR count). The fourth-order valence-corrected chi connectivity index (χ4v) is 6.34. The summed E-state index contributed by atoms with van der Waals surface area (Å²) in [5.74, 6) is 2.64. The van der Waals surface area contributed by atoms with E-state index < -0.39 is 0 Å². The molecule has 0 saturated heterocycles. The number of allylic oxidation sites excluding steroid dienone is 1. The van der Waals surface area contributed by atoms with Crippen LogP contribution >= 0.6 is 11.6 Å². The standard InChI is InChI=1S/C34H47ClN2O3/c1-6-9-24-18-28(35)14-16-29(24)27-21-37(31-19-25(34(38)36-4)13-17-33(31)40-22-27)20-26-12-15-30(26)32(39-5)11-8-10-23(3)7-2/h8,11,13-14,16-19,23,26-27,30,32H,6-7,9-10,12,15,20-22H2,1-5H3,(H,36,38)/b11-8+. The van der Waals surface area contributed by atoms with Crippen molar-refractivity contribution >= 4 is 23.2 Å². The SMILES string of the molecule is CCCc1cc(Cl)ccc1C1COc2ccc(C(=O)NC)cc2N(CC2CCC2C(/C=C/CC(C)CC)OC)C1. The van der Waals surface area contributed by atoms with E-state index in [0.717, 1.165) is 48.8 Å². The number of nitrogens with zero attached hydrogens (tertiary/aromatic N) is 1. The lowest BCUT2D eigenvalue weighted by Crippen LogP contribution is -2.44. The molecule has 5 unspecified atom stereocenters. The predicted octanol–water partition coefficient (Wildman–Crippen LogP) is 7.67. The number of amides is 1. The zero-order chi connectivity index (χ0) is 28.6. The minimum atomic E-state index is -0.0844. The molecule has 0 aromatic heterocycles. The second kappa shape index (κ2) is 14.4. The topological polar surface area (TPSA) is 50.8 Å². The predicted molar refractivity (Wildman–Crippen MR) is 166 cm³/mol. The summed E-state index contributed by atoms with van der Waals surface area (Å²) >= 11 is 6.41. The van der Waals surface area contributed by atoms with Gasteiger partial charge in [0.1, 0.15) is 5.75 Å². The van der Waals surface area contributed by atoms with Crippen LogP contribution in [-0.2, 0) is 11.2 Å². The lowest BCUT2D eigenvalue weighted by molar-refractivity contribution is 0.0134. The second-order valence-electron chi connectivity index (χ2n) is 11.6. The number of fused-ring (bicyclic) bond motifs is 1. The number of aryl methyl sites for hydroxylation is 1. The maximum atomic E-state index is 12.6. The van der Waals surface area contributed by atoms with Gasteiger partial charge in [-0.3, -0.25) is 4.79 Å². The molecule has 1 amide bonds. The molecule has 5 nitrogen and oxygen atoms in total. The van der Waals surface area contributed by atoms with Gasteiger partial charge in [0.2, 0.25) is 0 Å². The van der Waals surface area contributed by atoms with Gasteiger partial charge < -0.3 is 19.7 Å². The van der Waals surface area contributed by atoms with Crippen LogP contribution < -0.4 is 15.0 Å². The van der Waals surface area contributed by atoms with Crippen molar-refractivity contribution in [3.63, 3.8) is 0 Å². The van der Waals surface area contributed by atoms with Gasteiger partial charge in [-0.2, -0.15) is 0 Å². The summed E-state index contributed by atoms with van der Waals surface area (Å²) in [6, 6.07) is 12.1.